The number of H-pyrrole nitrogens is 1. The fraction of sp³-hybridized carbons (Fsp3) is 0.500. The van der Waals surface area contributed by atoms with Crippen molar-refractivity contribution in [1.82, 2.24) is 20.5 Å². The van der Waals surface area contributed by atoms with Crippen LogP contribution in [-0.2, 0) is 22.6 Å². The molecular weight excluding hydrogens is 328 g/mol. The molecule has 0 saturated carbocycles. The first kappa shape index (κ1) is 17.1. The number of hydrogen-bond donors (Lipinski definition) is 3. The second-order valence-corrected chi connectivity index (χ2v) is 7.40. The molecule has 3 heterocycles. The third-order valence-corrected chi connectivity index (χ3v) is 5.74. The van der Waals surface area contributed by atoms with Crippen LogP contribution >= 0.6 is 0 Å². The molecule has 2 atom stereocenters. The maximum absolute atomic E-state index is 13.0. The van der Waals surface area contributed by atoms with E-state index in [0.29, 0.717) is 25.3 Å². The summed E-state index contributed by atoms with van der Waals surface area (Å²) in [6, 6.07) is 7.70. The van der Waals surface area contributed by atoms with Crippen molar-refractivity contribution in [2.75, 3.05) is 20.1 Å². The maximum atomic E-state index is 13.0. The normalized spacial score (nSPS) is 22.9. The number of carbonyl (C=O) groups is 2. The van der Waals surface area contributed by atoms with Crippen LogP contribution in [0.25, 0.3) is 10.9 Å². The van der Waals surface area contributed by atoms with Crippen LogP contribution < -0.4 is 10.6 Å². The molecule has 2 aliphatic heterocycles. The van der Waals surface area contributed by atoms with E-state index in [9.17, 15) is 9.59 Å². The van der Waals surface area contributed by atoms with Crippen molar-refractivity contribution < 1.29 is 9.59 Å². The molecule has 3 N–H and O–H groups in total. The summed E-state index contributed by atoms with van der Waals surface area (Å²) in [6.07, 6.45) is 3.27. The Hall–Kier alpha value is -2.34. The van der Waals surface area contributed by atoms with E-state index in [1.54, 1.807) is 11.9 Å². The number of benzene rings is 1. The molecular formula is C20H26N4O2. The van der Waals surface area contributed by atoms with Crippen LogP contribution in [0, 0.1) is 5.92 Å². The number of hydrogen-bond acceptors (Lipinski definition) is 3. The van der Waals surface area contributed by atoms with Gasteiger partial charge in [0.25, 0.3) is 0 Å². The van der Waals surface area contributed by atoms with E-state index >= 15 is 0 Å². The van der Waals surface area contributed by atoms with Gasteiger partial charge in [0.2, 0.25) is 11.8 Å². The summed E-state index contributed by atoms with van der Waals surface area (Å²) in [7, 11) is 1.64. The lowest BCUT2D eigenvalue weighted by atomic mass is 9.92. The van der Waals surface area contributed by atoms with Gasteiger partial charge in [0, 0.05) is 36.5 Å². The molecule has 1 aromatic carbocycles. The molecule has 0 radical (unpaired) electrons. The van der Waals surface area contributed by atoms with Gasteiger partial charge in [0.1, 0.15) is 6.04 Å². The summed E-state index contributed by atoms with van der Waals surface area (Å²) < 4.78 is 0. The van der Waals surface area contributed by atoms with Gasteiger partial charge in [-0.15, -0.1) is 0 Å². The molecule has 6 heteroatoms. The Labute approximate surface area is 153 Å². The van der Waals surface area contributed by atoms with Crippen LogP contribution in [0.5, 0.6) is 0 Å². The SMILES string of the molecule is CNC(=O)[C@H]1Cc2c([nH]c3ccccc23)CN1C(=O)C[C@H]1CCCNC1. The smallest absolute Gasteiger partial charge is 0.242 e. The Morgan fingerprint density at radius 3 is 2.92 bits per heavy atom. The van der Waals surface area contributed by atoms with Gasteiger partial charge in [-0.2, -0.15) is 0 Å². The van der Waals surface area contributed by atoms with E-state index in [1.807, 2.05) is 18.2 Å². The zero-order chi connectivity index (χ0) is 18.1. The minimum absolute atomic E-state index is 0.0802. The zero-order valence-corrected chi connectivity index (χ0v) is 15.2. The fourth-order valence-corrected chi connectivity index (χ4v) is 4.33. The van der Waals surface area contributed by atoms with Crippen LogP contribution in [0.15, 0.2) is 24.3 Å². The molecule has 0 spiro atoms. The first-order chi connectivity index (χ1) is 12.7. The minimum Gasteiger partial charge on any atom is -0.357 e. The molecule has 6 nitrogen and oxygen atoms in total. The number of para-hydroxylation sites is 1. The Morgan fingerprint density at radius 2 is 2.15 bits per heavy atom. The Kier molecular flexibility index (Phi) is 4.68. The average molecular weight is 354 g/mol. The number of aromatic amines is 1. The summed E-state index contributed by atoms with van der Waals surface area (Å²) >= 11 is 0. The molecule has 26 heavy (non-hydrogen) atoms. The predicted octanol–water partition coefficient (Wildman–Crippen LogP) is 1.56. The van der Waals surface area contributed by atoms with Crippen LogP contribution in [0.1, 0.15) is 30.5 Å². The summed E-state index contributed by atoms with van der Waals surface area (Å²) in [6.45, 7) is 2.40. The monoisotopic (exact) mass is 354 g/mol. The zero-order valence-electron chi connectivity index (χ0n) is 15.2. The lowest BCUT2D eigenvalue weighted by Gasteiger charge is -2.36. The van der Waals surface area contributed by atoms with Gasteiger partial charge in [-0.1, -0.05) is 18.2 Å². The number of nitrogens with one attached hydrogen (secondary N) is 3. The number of piperidine rings is 1. The van der Waals surface area contributed by atoms with Crippen molar-refractivity contribution in [3.8, 4) is 0 Å². The number of likely N-dealkylation sites (N-methyl/N-ethyl adjacent to an activating group) is 1. The van der Waals surface area contributed by atoms with Crippen molar-refractivity contribution in [2.24, 2.45) is 5.92 Å². The first-order valence-corrected chi connectivity index (χ1v) is 9.47. The third-order valence-electron chi connectivity index (χ3n) is 5.74. The molecule has 0 bridgehead atoms. The highest BCUT2D eigenvalue weighted by molar-refractivity contribution is 5.91. The summed E-state index contributed by atoms with van der Waals surface area (Å²) in [5, 5.41) is 7.26. The Bertz CT molecular complexity index is 822. The summed E-state index contributed by atoms with van der Waals surface area (Å²) in [4.78, 5) is 30.8. The third kappa shape index (κ3) is 3.09. The van der Waals surface area contributed by atoms with Gasteiger partial charge >= 0.3 is 0 Å². The van der Waals surface area contributed by atoms with E-state index in [0.717, 1.165) is 48.1 Å². The predicted molar refractivity (Wildman–Crippen MR) is 101 cm³/mol. The second-order valence-electron chi connectivity index (χ2n) is 7.40. The van der Waals surface area contributed by atoms with E-state index in [1.165, 1.54) is 0 Å². The van der Waals surface area contributed by atoms with Crippen LogP contribution in [0.2, 0.25) is 0 Å². The molecule has 0 unspecified atom stereocenters. The van der Waals surface area contributed by atoms with Gasteiger partial charge in [-0.05, 0) is 43.5 Å². The summed E-state index contributed by atoms with van der Waals surface area (Å²) in [5.41, 5.74) is 3.29. The van der Waals surface area contributed by atoms with Gasteiger partial charge < -0.3 is 20.5 Å². The molecule has 1 saturated heterocycles. The standard InChI is InChI=1S/C20H26N4O2/c1-21-20(26)18-10-15-14-6-2-3-7-16(14)23-17(15)12-24(18)19(25)9-13-5-4-8-22-11-13/h2-3,6-7,13,18,22-23H,4-5,8-12H2,1H3,(H,21,26)/t13-,18-/m1/s1. The van der Waals surface area contributed by atoms with E-state index in [-0.39, 0.29) is 11.8 Å². The largest absolute Gasteiger partial charge is 0.357 e. The molecule has 2 aromatic rings. The highest BCUT2D eigenvalue weighted by Gasteiger charge is 2.36. The van der Waals surface area contributed by atoms with Crippen molar-refractivity contribution in [3.05, 3.63) is 35.5 Å². The highest BCUT2D eigenvalue weighted by atomic mass is 16.2. The van der Waals surface area contributed by atoms with Gasteiger partial charge in [-0.25, -0.2) is 0 Å². The Balaban J connectivity index is 1.61. The first-order valence-electron chi connectivity index (χ1n) is 9.47. The van der Waals surface area contributed by atoms with Crippen LogP contribution in [0.3, 0.4) is 0 Å². The van der Waals surface area contributed by atoms with Gasteiger partial charge in [0.15, 0.2) is 0 Å². The maximum Gasteiger partial charge on any atom is 0.242 e. The number of fused-ring (bicyclic) bond motifs is 3. The highest BCUT2D eigenvalue weighted by Crippen LogP contribution is 2.31. The van der Waals surface area contributed by atoms with Gasteiger partial charge in [-0.3, -0.25) is 9.59 Å². The van der Waals surface area contributed by atoms with Crippen molar-refractivity contribution in [2.45, 2.75) is 38.3 Å². The number of amides is 2. The molecule has 2 aliphatic rings. The number of rotatable bonds is 3. The van der Waals surface area contributed by atoms with Crippen molar-refractivity contribution in [3.63, 3.8) is 0 Å². The van der Waals surface area contributed by atoms with E-state index in [4.69, 9.17) is 0 Å². The number of carbonyl (C=O) groups excluding carboxylic acids is 2. The lowest BCUT2D eigenvalue weighted by Crippen LogP contribution is -2.52. The minimum atomic E-state index is -0.434. The van der Waals surface area contributed by atoms with Crippen molar-refractivity contribution in [1.29, 1.82) is 0 Å². The van der Waals surface area contributed by atoms with Crippen molar-refractivity contribution >= 4 is 22.7 Å². The lowest BCUT2D eigenvalue weighted by molar-refractivity contribution is -0.142. The Morgan fingerprint density at radius 1 is 1.31 bits per heavy atom. The van der Waals surface area contributed by atoms with E-state index < -0.39 is 6.04 Å². The van der Waals surface area contributed by atoms with Crippen LogP contribution in [0.4, 0.5) is 0 Å². The van der Waals surface area contributed by atoms with Crippen LogP contribution in [-0.4, -0.2) is 47.9 Å². The number of nitrogens with zero attached hydrogens (tertiary/aromatic N) is 1. The molecule has 1 aromatic heterocycles. The quantitative estimate of drug-likeness (QED) is 0.783. The van der Waals surface area contributed by atoms with Gasteiger partial charge in [0.05, 0.1) is 6.54 Å². The summed E-state index contributed by atoms with van der Waals surface area (Å²) in [5.74, 6) is 0.360. The molecule has 4 rings (SSSR count). The molecule has 138 valence electrons. The fourth-order valence-electron chi connectivity index (χ4n) is 4.33. The molecule has 0 aliphatic carbocycles. The average Bonchev–Trinajstić information content (AvgIpc) is 3.04. The topological polar surface area (TPSA) is 77.2 Å². The second kappa shape index (κ2) is 7.11. The molecule has 2 amide bonds. The number of aromatic nitrogens is 1. The molecule has 1 fully saturated rings. The van der Waals surface area contributed by atoms with E-state index in [2.05, 4.69) is 21.7 Å².